The molecule has 0 radical (unpaired) electrons. The Labute approximate surface area is 148 Å². The van der Waals surface area contributed by atoms with Gasteiger partial charge in [0.25, 0.3) is 0 Å². The summed E-state index contributed by atoms with van der Waals surface area (Å²) in [6.45, 7) is 7.28. The van der Waals surface area contributed by atoms with Gasteiger partial charge in [-0.25, -0.2) is 9.97 Å². The van der Waals surface area contributed by atoms with E-state index in [4.69, 9.17) is 0 Å². The summed E-state index contributed by atoms with van der Waals surface area (Å²) in [5.74, 6) is 1.54. The van der Waals surface area contributed by atoms with Gasteiger partial charge in [-0.3, -0.25) is 4.98 Å². The minimum atomic E-state index is 0.0536. The second-order valence-electron chi connectivity index (χ2n) is 6.92. The van der Waals surface area contributed by atoms with Gasteiger partial charge in [0.1, 0.15) is 18.0 Å². The summed E-state index contributed by atoms with van der Waals surface area (Å²) >= 11 is 0. The molecule has 3 rings (SSSR count). The van der Waals surface area contributed by atoms with Gasteiger partial charge >= 0.3 is 0 Å². The van der Waals surface area contributed by atoms with Crippen LogP contribution in [0.3, 0.4) is 0 Å². The van der Waals surface area contributed by atoms with E-state index in [9.17, 15) is 0 Å². The Morgan fingerprint density at radius 2 is 1.76 bits per heavy atom. The van der Waals surface area contributed by atoms with Crippen molar-refractivity contribution in [1.29, 1.82) is 0 Å². The molecule has 0 aliphatic heterocycles. The summed E-state index contributed by atoms with van der Waals surface area (Å²) in [5, 5.41) is 6.72. The van der Waals surface area contributed by atoms with Crippen molar-refractivity contribution < 1.29 is 0 Å². The molecule has 2 heterocycles. The molecule has 1 aromatic carbocycles. The predicted octanol–water partition coefficient (Wildman–Crippen LogP) is 4.52. The normalized spacial score (nSPS) is 11.2. The molecule has 128 valence electrons. The maximum absolute atomic E-state index is 4.34. The summed E-state index contributed by atoms with van der Waals surface area (Å²) in [6.07, 6.45) is 5.17. The van der Waals surface area contributed by atoms with E-state index in [1.54, 1.807) is 12.5 Å². The van der Waals surface area contributed by atoms with Crippen molar-refractivity contribution in [3.05, 3.63) is 72.3 Å². The van der Waals surface area contributed by atoms with Crippen LogP contribution >= 0.6 is 0 Å². The second kappa shape index (κ2) is 7.30. The summed E-state index contributed by atoms with van der Waals surface area (Å²) in [5.41, 5.74) is 3.47. The largest absolute Gasteiger partial charge is 0.366 e. The molecule has 0 aliphatic carbocycles. The lowest BCUT2D eigenvalue weighted by Crippen LogP contribution is -2.13. The number of nitrogens with zero attached hydrogens (tertiary/aromatic N) is 3. The lowest BCUT2D eigenvalue weighted by atomic mass is 9.86. The predicted molar refractivity (Wildman–Crippen MR) is 102 cm³/mol. The minimum absolute atomic E-state index is 0.0536. The van der Waals surface area contributed by atoms with Crippen molar-refractivity contribution in [2.45, 2.75) is 32.7 Å². The molecular formula is C20H23N5. The van der Waals surface area contributed by atoms with E-state index in [0.717, 1.165) is 22.9 Å². The van der Waals surface area contributed by atoms with Crippen LogP contribution in [0.25, 0.3) is 0 Å². The Morgan fingerprint density at radius 1 is 0.960 bits per heavy atom. The first-order valence-electron chi connectivity index (χ1n) is 8.34. The number of aromatic nitrogens is 3. The number of anilines is 3. The van der Waals surface area contributed by atoms with Gasteiger partial charge in [-0.05, 0) is 28.7 Å². The third-order valence-corrected chi connectivity index (χ3v) is 3.86. The van der Waals surface area contributed by atoms with E-state index in [1.807, 2.05) is 30.5 Å². The van der Waals surface area contributed by atoms with Crippen molar-refractivity contribution in [1.82, 2.24) is 15.0 Å². The zero-order valence-corrected chi connectivity index (χ0v) is 14.8. The van der Waals surface area contributed by atoms with Crippen molar-refractivity contribution in [3.8, 4) is 0 Å². The molecule has 0 atom stereocenters. The van der Waals surface area contributed by atoms with Crippen LogP contribution in [0.2, 0.25) is 0 Å². The first kappa shape index (κ1) is 16.9. The summed E-state index contributed by atoms with van der Waals surface area (Å²) < 4.78 is 0. The third kappa shape index (κ3) is 4.53. The molecule has 0 saturated heterocycles. The highest BCUT2D eigenvalue weighted by atomic mass is 15.1. The average molecular weight is 333 g/mol. The first-order chi connectivity index (χ1) is 12.0. The average Bonchev–Trinajstić information content (AvgIpc) is 2.61. The Kier molecular flexibility index (Phi) is 4.93. The fraction of sp³-hybridized carbons (Fsp3) is 0.250. The number of hydrogen-bond acceptors (Lipinski definition) is 5. The minimum Gasteiger partial charge on any atom is -0.366 e. The summed E-state index contributed by atoms with van der Waals surface area (Å²) in [6, 6.07) is 14.2. The number of nitrogens with one attached hydrogen (secondary N) is 2. The Hall–Kier alpha value is -2.95. The first-order valence-corrected chi connectivity index (χ1v) is 8.34. The van der Waals surface area contributed by atoms with Gasteiger partial charge in [0.05, 0.1) is 0 Å². The molecule has 0 amide bonds. The Bertz CT molecular complexity index is 825. The summed E-state index contributed by atoms with van der Waals surface area (Å²) in [7, 11) is 0. The van der Waals surface area contributed by atoms with Gasteiger partial charge in [0.15, 0.2) is 0 Å². The van der Waals surface area contributed by atoms with Gasteiger partial charge in [0.2, 0.25) is 0 Å². The van der Waals surface area contributed by atoms with E-state index < -0.39 is 0 Å². The fourth-order valence-corrected chi connectivity index (χ4v) is 2.60. The molecular weight excluding hydrogens is 310 g/mol. The number of rotatable bonds is 5. The van der Waals surface area contributed by atoms with Gasteiger partial charge in [-0.2, -0.15) is 0 Å². The maximum atomic E-state index is 4.34. The van der Waals surface area contributed by atoms with E-state index in [0.29, 0.717) is 6.54 Å². The zero-order chi connectivity index (χ0) is 17.7. The molecule has 2 N–H and O–H groups in total. The Morgan fingerprint density at radius 3 is 2.52 bits per heavy atom. The summed E-state index contributed by atoms with van der Waals surface area (Å²) in [4.78, 5) is 12.7. The molecule has 0 spiro atoms. The van der Waals surface area contributed by atoms with Gasteiger partial charge in [0, 0.05) is 30.7 Å². The molecule has 0 aliphatic rings. The number of para-hydroxylation sites is 1. The van der Waals surface area contributed by atoms with Crippen LogP contribution in [0.1, 0.15) is 31.9 Å². The Balaban J connectivity index is 1.74. The third-order valence-electron chi connectivity index (χ3n) is 3.86. The van der Waals surface area contributed by atoms with Crippen LogP contribution in [0.4, 0.5) is 17.3 Å². The van der Waals surface area contributed by atoms with Gasteiger partial charge in [-0.15, -0.1) is 0 Å². The standard InChI is InChI=1S/C20H23N5/c1-20(2,3)16-8-4-5-9-17(16)25-19-11-18(23-14-24-19)22-13-15-7-6-10-21-12-15/h4-12,14H,13H2,1-3H3,(H2,22,23,24,25). The van der Waals surface area contributed by atoms with Crippen LogP contribution in [0, 0.1) is 0 Å². The van der Waals surface area contributed by atoms with Gasteiger partial charge < -0.3 is 10.6 Å². The lowest BCUT2D eigenvalue weighted by Gasteiger charge is -2.23. The van der Waals surface area contributed by atoms with Crippen molar-refractivity contribution in [2.24, 2.45) is 0 Å². The maximum Gasteiger partial charge on any atom is 0.135 e. The molecule has 3 aromatic rings. The molecule has 2 aromatic heterocycles. The highest BCUT2D eigenvalue weighted by molar-refractivity contribution is 5.63. The number of pyridine rings is 1. The van der Waals surface area contributed by atoms with Crippen molar-refractivity contribution in [3.63, 3.8) is 0 Å². The van der Waals surface area contributed by atoms with E-state index in [2.05, 4.69) is 64.6 Å². The van der Waals surface area contributed by atoms with Crippen LogP contribution in [0.15, 0.2) is 61.2 Å². The highest BCUT2D eigenvalue weighted by Crippen LogP contribution is 2.31. The molecule has 0 bridgehead atoms. The van der Waals surface area contributed by atoms with Crippen molar-refractivity contribution in [2.75, 3.05) is 10.6 Å². The number of hydrogen-bond donors (Lipinski definition) is 2. The van der Waals surface area contributed by atoms with E-state index in [1.165, 1.54) is 5.56 Å². The highest BCUT2D eigenvalue weighted by Gasteiger charge is 2.17. The lowest BCUT2D eigenvalue weighted by molar-refractivity contribution is 0.592. The van der Waals surface area contributed by atoms with E-state index >= 15 is 0 Å². The molecule has 0 saturated carbocycles. The molecule has 0 unspecified atom stereocenters. The quantitative estimate of drug-likeness (QED) is 0.718. The van der Waals surface area contributed by atoms with Crippen LogP contribution in [0.5, 0.6) is 0 Å². The van der Waals surface area contributed by atoms with Crippen LogP contribution in [-0.2, 0) is 12.0 Å². The fourth-order valence-electron chi connectivity index (χ4n) is 2.60. The van der Waals surface area contributed by atoms with E-state index in [-0.39, 0.29) is 5.41 Å². The molecule has 5 nitrogen and oxygen atoms in total. The topological polar surface area (TPSA) is 62.7 Å². The molecule has 0 fully saturated rings. The molecule has 5 heteroatoms. The SMILES string of the molecule is CC(C)(C)c1ccccc1Nc1cc(NCc2cccnc2)ncn1. The van der Waals surface area contributed by atoms with Crippen LogP contribution in [-0.4, -0.2) is 15.0 Å². The monoisotopic (exact) mass is 333 g/mol. The molecule has 25 heavy (non-hydrogen) atoms. The van der Waals surface area contributed by atoms with Crippen molar-refractivity contribution >= 4 is 17.3 Å². The number of benzene rings is 1. The smallest absolute Gasteiger partial charge is 0.135 e. The van der Waals surface area contributed by atoms with Gasteiger partial charge in [-0.1, -0.05) is 45.0 Å². The zero-order valence-electron chi connectivity index (χ0n) is 14.8. The second-order valence-corrected chi connectivity index (χ2v) is 6.92. The van der Waals surface area contributed by atoms with Crippen LogP contribution < -0.4 is 10.6 Å².